The summed E-state index contributed by atoms with van der Waals surface area (Å²) in [6.07, 6.45) is 1.58. The van der Waals surface area contributed by atoms with Crippen LogP contribution in [-0.4, -0.2) is 19.1 Å². The number of nitrogens with one attached hydrogen (secondary N) is 1. The van der Waals surface area contributed by atoms with Crippen LogP contribution in [0.3, 0.4) is 0 Å². The maximum atomic E-state index is 11.1. The predicted octanol–water partition coefficient (Wildman–Crippen LogP) is -2.39. The summed E-state index contributed by atoms with van der Waals surface area (Å²) in [5, 5.41) is 11.4. The van der Waals surface area contributed by atoms with E-state index in [0.717, 1.165) is 0 Å². The molecule has 0 amide bonds. The van der Waals surface area contributed by atoms with E-state index in [-0.39, 0.29) is 46.8 Å². The third-order valence-electron chi connectivity index (χ3n) is 1.23. The van der Waals surface area contributed by atoms with Gasteiger partial charge in [0.15, 0.2) is 0 Å². The summed E-state index contributed by atoms with van der Waals surface area (Å²) < 4.78 is 4.64. The van der Waals surface area contributed by atoms with Gasteiger partial charge in [0.25, 0.3) is 0 Å². The molecule has 0 unspecified atom stereocenters. The van der Waals surface area contributed by atoms with Crippen LogP contribution in [0.25, 0.3) is 0 Å². The average molecular weight is 234 g/mol. The standard InChI is InChI=1S/C9H12N2O2S.Na/c1-3-5-11-8(14)7(6-10)9(12)13-4-2;/h3,11,14H,1,4-5H2,2H3;/q;+1/p-1. The van der Waals surface area contributed by atoms with Gasteiger partial charge in [0.1, 0.15) is 11.6 Å². The molecule has 0 aliphatic rings. The van der Waals surface area contributed by atoms with E-state index in [1.807, 2.05) is 0 Å². The van der Waals surface area contributed by atoms with Crippen LogP contribution < -0.4 is 34.9 Å². The van der Waals surface area contributed by atoms with Crippen molar-refractivity contribution in [1.82, 2.24) is 5.32 Å². The molecule has 76 valence electrons. The van der Waals surface area contributed by atoms with E-state index in [9.17, 15) is 4.79 Å². The molecule has 0 aromatic carbocycles. The van der Waals surface area contributed by atoms with E-state index in [1.165, 1.54) is 0 Å². The van der Waals surface area contributed by atoms with Gasteiger partial charge >= 0.3 is 35.5 Å². The quantitative estimate of drug-likeness (QED) is 0.144. The monoisotopic (exact) mass is 234 g/mol. The number of ether oxygens (including phenoxy) is 1. The van der Waals surface area contributed by atoms with Crippen molar-refractivity contribution < 1.29 is 39.1 Å². The summed E-state index contributed by atoms with van der Waals surface area (Å²) in [6, 6.07) is 1.70. The maximum absolute atomic E-state index is 11.1. The summed E-state index contributed by atoms with van der Waals surface area (Å²) in [4.78, 5) is 11.1. The van der Waals surface area contributed by atoms with Crippen LogP contribution in [0.4, 0.5) is 0 Å². The fourth-order valence-corrected chi connectivity index (χ4v) is 0.858. The van der Waals surface area contributed by atoms with Crippen LogP contribution >= 0.6 is 0 Å². The van der Waals surface area contributed by atoms with E-state index < -0.39 is 5.97 Å². The molecule has 0 bridgehead atoms. The number of rotatable bonds is 5. The molecule has 0 saturated carbocycles. The van der Waals surface area contributed by atoms with Gasteiger partial charge in [0.05, 0.1) is 6.61 Å². The van der Waals surface area contributed by atoms with Crippen LogP contribution in [0, 0.1) is 11.3 Å². The molecule has 4 nitrogen and oxygen atoms in total. The Morgan fingerprint density at radius 3 is 2.73 bits per heavy atom. The Morgan fingerprint density at radius 2 is 2.33 bits per heavy atom. The van der Waals surface area contributed by atoms with Crippen molar-refractivity contribution in [3.8, 4) is 6.07 Å². The predicted molar refractivity (Wildman–Crippen MR) is 54.8 cm³/mol. The van der Waals surface area contributed by atoms with Crippen molar-refractivity contribution in [3.63, 3.8) is 0 Å². The molecule has 0 spiro atoms. The van der Waals surface area contributed by atoms with Gasteiger partial charge in [-0.2, -0.15) is 5.26 Å². The van der Waals surface area contributed by atoms with Crippen molar-refractivity contribution in [3.05, 3.63) is 23.3 Å². The second kappa shape index (κ2) is 9.99. The zero-order valence-electron chi connectivity index (χ0n) is 8.87. The molecule has 0 radical (unpaired) electrons. The summed E-state index contributed by atoms with van der Waals surface area (Å²) in [6.45, 7) is 5.75. The summed E-state index contributed by atoms with van der Waals surface area (Å²) in [5.74, 6) is -0.698. The largest absolute Gasteiger partial charge is 1.00 e. The van der Waals surface area contributed by atoms with Crippen molar-refractivity contribution in [2.75, 3.05) is 13.2 Å². The van der Waals surface area contributed by atoms with Gasteiger partial charge in [-0.05, 0) is 6.92 Å². The van der Waals surface area contributed by atoms with Crippen LogP contribution in [0.1, 0.15) is 6.92 Å². The number of hydrogen-bond donors (Lipinski definition) is 1. The molecule has 0 fully saturated rings. The molecule has 1 N–H and O–H groups in total. The van der Waals surface area contributed by atoms with Gasteiger partial charge in [-0.15, -0.1) is 6.58 Å². The van der Waals surface area contributed by atoms with Gasteiger partial charge in [-0.1, -0.05) is 11.1 Å². The fourth-order valence-electron chi connectivity index (χ4n) is 0.646. The average Bonchev–Trinajstić information content (AvgIpc) is 2.16. The summed E-state index contributed by atoms with van der Waals surface area (Å²) in [5.41, 5.74) is -0.177. The van der Waals surface area contributed by atoms with E-state index >= 15 is 0 Å². The molecule has 0 aliphatic heterocycles. The van der Waals surface area contributed by atoms with Gasteiger partial charge in [0.2, 0.25) is 0 Å². The zero-order valence-corrected chi connectivity index (χ0v) is 11.7. The molecule has 0 aromatic heterocycles. The van der Waals surface area contributed by atoms with Gasteiger partial charge < -0.3 is 22.7 Å². The zero-order chi connectivity index (χ0) is 11.0. The normalized spacial score (nSPS) is 10.1. The molecule has 0 saturated heterocycles. The topological polar surface area (TPSA) is 62.1 Å². The van der Waals surface area contributed by atoms with Crippen molar-refractivity contribution in [2.24, 2.45) is 0 Å². The number of nitrogens with zero attached hydrogens (tertiary/aromatic N) is 1. The minimum atomic E-state index is -0.698. The van der Waals surface area contributed by atoms with Gasteiger partial charge in [-0.3, -0.25) is 0 Å². The summed E-state index contributed by atoms with van der Waals surface area (Å²) >= 11 is 4.81. The minimum Gasteiger partial charge on any atom is -0.761 e. The SMILES string of the molecule is C=CCNC([S-])=C(C#N)C(=O)OCC.[Na+]. The molecule has 0 aromatic rings. The molecule has 0 atom stereocenters. The van der Waals surface area contributed by atoms with E-state index in [1.54, 1.807) is 19.1 Å². The van der Waals surface area contributed by atoms with E-state index in [4.69, 9.17) is 17.9 Å². The molecular formula is C9H11N2NaO2S. The Hall–Kier alpha value is -0.540. The van der Waals surface area contributed by atoms with Crippen LogP contribution in [0.15, 0.2) is 23.3 Å². The van der Waals surface area contributed by atoms with Crippen LogP contribution in [0.5, 0.6) is 0 Å². The Morgan fingerprint density at radius 1 is 1.73 bits per heavy atom. The van der Waals surface area contributed by atoms with Gasteiger partial charge in [-0.25, -0.2) is 4.79 Å². The van der Waals surface area contributed by atoms with Crippen LogP contribution in [-0.2, 0) is 22.2 Å². The Labute approximate surface area is 117 Å². The number of carbonyl (C=O) groups is 1. The molecule has 0 rings (SSSR count). The first-order valence-electron chi connectivity index (χ1n) is 4.00. The molecule has 0 aliphatic carbocycles. The molecule has 15 heavy (non-hydrogen) atoms. The molecule has 6 heteroatoms. The number of nitriles is 1. The minimum absolute atomic E-state index is 0. The number of carbonyl (C=O) groups excluding carboxylic acids is 1. The van der Waals surface area contributed by atoms with Crippen molar-refractivity contribution in [1.29, 1.82) is 5.26 Å². The van der Waals surface area contributed by atoms with Crippen molar-refractivity contribution >= 4 is 18.6 Å². The number of esters is 1. The third kappa shape index (κ3) is 6.52. The Bertz CT molecular complexity index is 297. The van der Waals surface area contributed by atoms with E-state index in [2.05, 4.69) is 16.6 Å². The van der Waals surface area contributed by atoms with Crippen molar-refractivity contribution in [2.45, 2.75) is 6.92 Å². The number of hydrogen-bond acceptors (Lipinski definition) is 5. The van der Waals surface area contributed by atoms with Crippen LogP contribution in [0.2, 0.25) is 0 Å². The third-order valence-corrected chi connectivity index (χ3v) is 1.57. The van der Waals surface area contributed by atoms with E-state index in [0.29, 0.717) is 6.54 Å². The maximum Gasteiger partial charge on any atom is 1.00 e. The first-order chi connectivity index (χ1) is 6.67. The summed E-state index contributed by atoms with van der Waals surface area (Å²) in [7, 11) is 0. The van der Waals surface area contributed by atoms with Gasteiger partial charge in [0, 0.05) is 6.54 Å². The first kappa shape index (κ1) is 16.9. The Kier molecular flexibility index (Phi) is 11.2. The second-order valence-corrected chi connectivity index (χ2v) is 2.61. The Balaban J connectivity index is 0. The molecular weight excluding hydrogens is 223 g/mol. The second-order valence-electron chi connectivity index (χ2n) is 2.21. The first-order valence-corrected chi connectivity index (χ1v) is 4.41. The molecule has 0 heterocycles. The smallest absolute Gasteiger partial charge is 0.761 e. The fraction of sp³-hybridized carbons (Fsp3) is 0.333.